The van der Waals surface area contributed by atoms with Gasteiger partial charge in [-0.3, -0.25) is 4.79 Å². The van der Waals surface area contributed by atoms with E-state index in [2.05, 4.69) is 6.58 Å². The molecule has 0 N–H and O–H groups in total. The van der Waals surface area contributed by atoms with E-state index in [1.54, 1.807) is 11.3 Å². The maximum absolute atomic E-state index is 11.8. The van der Waals surface area contributed by atoms with Gasteiger partial charge in [0.05, 0.1) is 0 Å². The van der Waals surface area contributed by atoms with Gasteiger partial charge in [-0.2, -0.15) is 0 Å². The van der Waals surface area contributed by atoms with Crippen LogP contribution in [0.5, 0.6) is 0 Å². The molecule has 0 saturated heterocycles. The summed E-state index contributed by atoms with van der Waals surface area (Å²) in [5, 5.41) is 3.19. The minimum atomic E-state index is 0.149. The first-order valence-corrected chi connectivity index (χ1v) is 5.69. The number of fused-ring (bicyclic) bond motifs is 1. The maximum Gasteiger partial charge on any atom is 0.166 e. The predicted octanol–water partition coefficient (Wildman–Crippen LogP) is 4.05. The van der Waals surface area contributed by atoms with E-state index in [0.29, 0.717) is 6.42 Å². The van der Waals surface area contributed by atoms with Crippen LogP contribution >= 0.6 is 11.3 Å². The highest BCUT2D eigenvalue weighted by atomic mass is 32.1. The van der Waals surface area contributed by atoms with Crippen LogP contribution in [0, 0.1) is 0 Å². The molecule has 0 bridgehead atoms. The van der Waals surface area contributed by atoms with E-state index >= 15 is 0 Å². The maximum atomic E-state index is 11.8. The van der Waals surface area contributed by atoms with Crippen molar-refractivity contribution in [2.24, 2.45) is 0 Å². The van der Waals surface area contributed by atoms with Gasteiger partial charge in [0.2, 0.25) is 0 Å². The number of allylic oxidation sites excluding steroid dienone is 1. The Hall–Kier alpha value is -1.41. The quantitative estimate of drug-likeness (QED) is 0.558. The van der Waals surface area contributed by atoms with Crippen LogP contribution in [0.4, 0.5) is 0 Å². The van der Waals surface area contributed by atoms with Crippen LogP contribution in [0.15, 0.2) is 41.8 Å². The number of Topliss-reactive ketones (excluding diaryl/α,β-unsaturated/α-hetero) is 1. The topological polar surface area (TPSA) is 17.1 Å². The van der Waals surface area contributed by atoms with E-state index in [-0.39, 0.29) is 5.78 Å². The lowest BCUT2D eigenvalue weighted by molar-refractivity contribution is 0.0993. The smallest absolute Gasteiger partial charge is 0.166 e. The van der Waals surface area contributed by atoms with Crippen molar-refractivity contribution in [3.8, 4) is 0 Å². The lowest BCUT2D eigenvalue weighted by Crippen LogP contribution is -1.98. The average molecular weight is 216 g/mol. The van der Waals surface area contributed by atoms with E-state index in [0.717, 1.165) is 16.5 Å². The highest BCUT2D eigenvalue weighted by molar-refractivity contribution is 7.17. The molecule has 0 amide bonds. The van der Waals surface area contributed by atoms with Crippen molar-refractivity contribution in [1.82, 2.24) is 0 Å². The zero-order valence-electron chi connectivity index (χ0n) is 8.62. The van der Waals surface area contributed by atoms with Crippen LogP contribution in [0.3, 0.4) is 0 Å². The molecule has 1 nitrogen and oxygen atoms in total. The second-order valence-electron chi connectivity index (χ2n) is 3.73. The third-order valence-corrected chi connectivity index (χ3v) is 3.13. The second-order valence-corrected chi connectivity index (χ2v) is 4.68. The molecule has 0 aliphatic rings. The van der Waals surface area contributed by atoms with E-state index in [9.17, 15) is 4.79 Å². The number of hydrogen-bond acceptors (Lipinski definition) is 2. The summed E-state index contributed by atoms with van der Waals surface area (Å²) in [5.41, 5.74) is 1.69. The van der Waals surface area contributed by atoms with Gasteiger partial charge in [0.25, 0.3) is 0 Å². The Kier molecular flexibility index (Phi) is 2.69. The van der Waals surface area contributed by atoms with Crippen LogP contribution in [-0.4, -0.2) is 5.78 Å². The zero-order chi connectivity index (χ0) is 10.8. The summed E-state index contributed by atoms with van der Waals surface area (Å²) in [7, 11) is 0. The molecule has 1 heterocycles. The van der Waals surface area contributed by atoms with Crippen molar-refractivity contribution in [3.05, 3.63) is 47.4 Å². The van der Waals surface area contributed by atoms with E-state index in [1.807, 2.05) is 36.6 Å². The first kappa shape index (κ1) is 10.1. The molecular formula is C13H12OS. The summed E-state index contributed by atoms with van der Waals surface area (Å²) in [4.78, 5) is 11.8. The molecule has 0 aliphatic heterocycles. The Bertz CT molecular complexity index is 522. The largest absolute Gasteiger partial charge is 0.294 e. The minimum absolute atomic E-state index is 0.149. The first-order chi connectivity index (χ1) is 7.16. The molecule has 0 spiro atoms. The van der Waals surface area contributed by atoms with E-state index in [4.69, 9.17) is 0 Å². The number of rotatable bonds is 3. The van der Waals surface area contributed by atoms with Gasteiger partial charge in [-0.05, 0) is 42.0 Å². The minimum Gasteiger partial charge on any atom is -0.294 e. The highest BCUT2D eigenvalue weighted by Crippen LogP contribution is 2.22. The lowest BCUT2D eigenvalue weighted by Gasteiger charge is -2.00. The predicted molar refractivity (Wildman–Crippen MR) is 65.6 cm³/mol. The Balaban J connectivity index is 2.35. The molecular weight excluding hydrogens is 204 g/mol. The third kappa shape index (κ3) is 2.16. The van der Waals surface area contributed by atoms with Crippen LogP contribution in [0.2, 0.25) is 0 Å². The van der Waals surface area contributed by atoms with Crippen molar-refractivity contribution < 1.29 is 4.79 Å². The van der Waals surface area contributed by atoms with Gasteiger partial charge in [0.1, 0.15) is 0 Å². The Morgan fingerprint density at radius 3 is 2.93 bits per heavy atom. The normalized spacial score (nSPS) is 10.5. The second kappa shape index (κ2) is 3.99. The molecule has 1 aromatic heterocycles. The Morgan fingerprint density at radius 2 is 2.20 bits per heavy atom. The van der Waals surface area contributed by atoms with Crippen molar-refractivity contribution >= 4 is 27.2 Å². The number of ketones is 1. The molecule has 0 aliphatic carbocycles. The number of carbonyl (C=O) groups excluding carboxylic acids is 1. The summed E-state index contributed by atoms with van der Waals surface area (Å²) in [6.07, 6.45) is 0.440. The molecule has 76 valence electrons. The molecule has 0 atom stereocenters. The fraction of sp³-hybridized carbons (Fsp3) is 0.154. The summed E-state index contributed by atoms with van der Waals surface area (Å²) in [6.45, 7) is 5.63. The van der Waals surface area contributed by atoms with Crippen LogP contribution in [-0.2, 0) is 0 Å². The summed E-state index contributed by atoms with van der Waals surface area (Å²) in [6, 6.07) is 7.89. The van der Waals surface area contributed by atoms with Crippen molar-refractivity contribution in [1.29, 1.82) is 0 Å². The van der Waals surface area contributed by atoms with Crippen molar-refractivity contribution in [2.45, 2.75) is 13.3 Å². The number of hydrogen-bond donors (Lipinski definition) is 0. The molecule has 2 aromatic rings. The first-order valence-electron chi connectivity index (χ1n) is 4.81. The summed E-state index contributed by atoms with van der Waals surface area (Å²) >= 11 is 1.69. The fourth-order valence-electron chi connectivity index (χ4n) is 1.52. The van der Waals surface area contributed by atoms with E-state index in [1.165, 1.54) is 4.70 Å². The highest BCUT2D eigenvalue weighted by Gasteiger charge is 2.06. The molecule has 0 unspecified atom stereocenters. The lowest BCUT2D eigenvalue weighted by atomic mass is 10.0. The monoisotopic (exact) mass is 216 g/mol. The van der Waals surface area contributed by atoms with Gasteiger partial charge in [0.15, 0.2) is 5.78 Å². The fourth-order valence-corrected chi connectivity index (χ4v) is 2.29. The van der Waals surface area contributed by atoms with Gasteiger partial charge in [-0.15, -0.1) is 11.3 Å². The van der Waals surface area contributed by atoms with Gasteiger partial charge >= 0.3 is 0 Å². The third-order valence-electron chi connectivity index (χ3n) is 2.24. The SMILES string of the molecule is C=C(C)CC(=O)c1ccc2sccc2c1. The van der Waals surface area contributed by atoms with Gasteiger partial charge < -0.3 is 0 Å². The van der Waals surface area contributed by atoms with Crippen LogP contribution in [0.1, 0.15) is 23.7 Å². The van der Waals surface area contributed by atoms with Crippen LogP contribution < -0.4 is 0 Å². The zero-order valence-corrected chi connectivity index (χ0v) is 9.43. The molecule has 1 aromatic carbocycles. The van der Waals surface area contributed by atoms with Crippen LogP contribution in [0.25, 0.3) is 10.1 Å². The molecule has 0 saturated carbocycles. The number of thiophene rings is 1. The van der Waals surface area contributed by atoms with Gasteiger partial charge in [-0.25, -0.2) is 0 Å². The van der Waals surface area contributed by atoms with Crippen molar-refractivity contribution in [3.63, 3.8) is 0 Å². The summed E-state index contributed by atoms with van der Waals surface area (Å²) < 4.78 is 1.22. The van der Waals surface area contributed by atoms with Gasteiger partial charge in [-0.1, -0.05) is 12.2 Å². The molecule has 0 radical (unpaired) electrons. The Labute approximate surface area is 93.1 Å². The molecule has 2 rings (SSSR count). The van der Waals surface area contributed by atoms with E-state index < -0.39 is 0 Å². The standard InChI is InChI=1S/C13H12OS/c1-9(2)7-12(14)10-3-4-13-11(8-10)5-6-15-13/h3-6,8H,1,7H2,2H3. The Morgan fingerprint density at radius 1 is 1.40 bits per heavy atom. The average Bonchev–Trinajstić information content (AvgIpc) is 2.62. The number of carbonyl (C=O) groups is 1. The molecule has 15 heavy (non-hydrogen) atoms. The van der Waals surface area contributed by atoms with Gasteiger partial charge in [0, 0.05) is 16.7 Å². The van der Waals surface area contributed by atoms with Crippen molar-refractivity contribution in [2.75, 3.05) is 0 Å². The number of benzene rings is 1. The summed E-state index contributed by atoms with van der Waals surface area (Å²) in [5.74, 6) is 0.149. The molecule has 2 heteroatoms. The molecule has 0 fully saturated rings.